The number of hydrogen-bond donors (Lipinski definition) is 1. The van der Waals surface area contributed by atoms with E-state index in [1.165, 1.54) is 11.1 Å². The Morgan fingerprint density at radius 2 is 2.44 bits per heavy atom. The maximum absolute atomic E-state index is 11.7. The minimum atomic E-state index is -0.959. The third-order valence-corrected chi connectivity index (χ3v) is 2.40. The first-order valence-corrected chi connectivity index (χ1v) is 4.72. The molecule has 6 nitrogen and oxygen atoms in total. The summed E-state index contributed by atoms with van der Waals surface area (Å²) in [4.78, 5) is 18.2. The van der Waals surface area contributed by atoms with Crippen molar-refractivity contribution in [3.63, 3.8) is 0 Å². The number of pyridine rings is 1. The number of carbonyl (C=O) groups is 1. The van der Waals surface area contributed by atoms with Crippen molar-refractivity contribution in [2.75, 3.05) is 18.5 Å². The van der Waals surface area contributed by atoms with Gasteiger partial charge in [-0.05, 0) is 12.1 Å². The fraction of sp³-hybridized carbons (Fsp3) is 0.300. The smallest absolute Gasteiger partial charge is 0.327 e. The zero-order valence-corrected chi connectivity index (χ0v) is 8.66. The molecule has 1 unspecified atom stereocenters. The Bertz CT molecular complexity index is 468. The van der Waals surface area contributed by atoms with Gasteiger partial charge < -0.3 is 10.0 Å². The van der Waals surface area contributed by atoms with Crippen LogP contribution in [-0.2, 0) is 0 Å². The maximum atomic E-state index is 11.7. The predicted molar refractivity (Wildman–Crippen MR) is 55.5 cm³/mol. The average Bonchev–Trinajstić information content (AvgIpc) is 2.53. The van der Waals surface area contributed by atoms with Crippen LogP contribution in [0.2, 0.25) is 0 Å². The number of nitrogens with zero attached hydrogens (tertiary/aromatic N) is 4. The third-order valence-electron chi connectivity index (χ3n) is 2.40. The molecule has 0 spiro atoms. The molecule has 16 heavy (non-hydrogen) atoms. The highest BCUT2D eigenvalue weighted by Crippen LogP contribution is 2.23. The molecular formula is C10H10N4O2. The minimum absolute atomic E-state index is 0.201. The lowest BCUT2D eigenvalue weighted by Gasteiger charge is -2.18. The number of amides is 2. The Morgan fingerprint density at radius 1 is 1.69 bits per heavy atom. The zero-order chi connectivity index (χ0) is 11.7. The van der Waals surface area contributed by atoms with E-state index in [4.69, 9.17) is 5.26 Å². The summed E-state index contributed by atoms with van der Waals surface area (Å²) >= 11 is 0. The number of likely N-dealkylation sites (N-methyl/N-ethyl adjacent to an activating group) is 1. The van der Waals surface area contributed by atoms with Crippen molar-refractivity contribution >= 4 is 11.8 Å². The fourth-order valence-electron chi connectivity index (χ4n) is 1.62. The number of anilines is 1. The van der Waals surface area contributed by atoms with E-state index in [0.29, 0.717) is 0 Å². The summed E-state index contributed by atoms with van der Waals surface area (Å²) < 4.78 is 0. The van der Waals surface area contributed by atoms with Crippen LogP contribution in [0.1, 0.15) is 5.56 Å². The minimum Gasteiger partial charge on any atom is -0.371 e. The molecule has 2 amide bonds. The largest absolute Gasteiger partial charge is 0.371 e. The van der Waals surface area contributed by atoms with Gasteiger partial charge in [0.1, 0.15) is 6.07 Å². The van der Waals surface area contributed by atoms with Crippen molar-refractivity contribution < 1.29 is 9.90 Å². The normalized spacial score (nSPS) is 20.1. The van der Waals surface area contributed by atoms with Gasteiger partial charge in [0, 0.05) is 13.2 Å². The highest BCUT2D eigenvalue weighted by molar-refractivity contribution is 5.94. The van der Waals surface area contributed by atoms with E-state index in [1.54, 1.807) is 19.2 Å². The number of urea groups is 1. The molecule has 1 N–H and O–H groups in total. The first-order valence-electron chi connectivity index (χ1n) is 4.72. The molecule has 1 aliphatic heterocycles. The topological polar surface area (TPSA) is 80.5 Å². The van der Waals surface area contributed by atoms with Crippen LogP contribution in [0.15, 0.2) is 18.3 Å². The molecule has 6 heteroatoms. The molecular weight excluding hydrogens is 208 g/mol. The van der Waals surface area contributed by atoms with Gasteiger partial charge >= 0.3 is 6.03 Å². The highest BCUT2D eigenvalue weighted by Gasteiger charge is 2.36. The first-order chi connectivity index (χ1) is 7.65. The average molecular weight is 218 g/mol. The fourth-order valence-corrected chi connectivity index (χ4v) is 1.62. The molecule has 2 rings (SSSR count). The predicted octanol–water partition coefficient (Wildman–Crippen LogP) is 0.143. The van der Waals surface area contributed by atoms with E-state index in [2.05, 4.69) is 4.98 Å². The van der Waals surface area contributed by atoms with Crippen molar-refractivity contribution in [1.29, 1.82) is 5.26 Å². The monoisotopic (exact) mass is 218 g/mol. The molecule has 1 aromatic heterocycles. The van der Waals surface area contributed by atoms with Crippen LogP contribution >= 0.6 is 0 Å². The molecule has 0 radical (unpaired) electrons. The van der Waals surface area contributed by atoms with Gasteiger partial charge in [-0.15, -0.1) is 0 Å². The second-order valence-corrected chi connectivity index (χ2v) is 3.50. The van der Waals surface area contributed by atoms with E-state index in [9.17, 15) is 9.90 Å². The second kappa shape index (κ2) is 3.79. The summed E-state index contributed by atoms with van der Waals surface area (Å²) in [6, 6.07) is 4.75. The summed E-state index contributed by atoms with van der Waals surface area (Å²) in [6.45, 7) is 0.209. The molecule has 1 fully saturated rings. The number of rotatable bonds is 1. The van der Waals surface area contributed by atoms with E-state index < -0.39 is 6.23 Å². The number of β-amino-alcohol motifs (C(OH)–C–C–N with tert-alkyl or cyclic N) is 1. The van der Waals surface area contributed by atoms with Crippen molar-refractivity contribution in [3.8, 4) is 6.07 Å². The summed E-state index contributed by atoms with van der Waals surface area (Å²) in [6.07, 6.45) is 0.522. The summed E-state index contributed by atoms with van der Waals surface area (Å²) in [5, 5.41) is 18.6. The molecule has 82 valence electrons. The van der Waals surface area contributed by atoms with Gasteiger partial charge in [-0.1, -0.05) is 0 Å². The number of carbonyl (C=O) groups excluding carboxylic acids is 1. The Balaban J connectivity index is 2.45. The lowest BCUT2D eigenvalue weighted by Crippen LogP contribution is -2.35. The number of aromatic nitrogens is 1. The van der Waals surface area contributed by atoms with Crippen LogP contribution < -0.4 is 4.90 Å². The molecule has 0 bridgehead atoms. The molecule has 1 atom stereocenters. The number of aliphatic hydroxyl groups is 1. The third kappa shape index (κ3) is 1.47. The molecule has 1 aliphatic rings. The molecule has 1 saturated heterocycles. The zero-order valence-electron chi connectivity index (χ0n) is 8.66. The summed E-state index contributed by atoms with van der Waals surface area (Å²) in [7, 11) is 1.58. The first kappa shape index (κ1) is 10.4. The van der Waals surface area contributed by atoms with E-state index in [1.807, 2.05) is 6.07 Å². The summed E-state index contributed by atoms with van der Waals surface area (Å²) in [5.74, 6) is 0.201. The van der Waals surface area contributed by atoms with E-state index in [-0.39, 0.29) is 24.0 Å². The molecule has 1 aromatic rings. The lowest BCUT2D eigenvalue weighted by molar-refractivity contribution is 0.183. The van der Waals surface area contributed by atoms with Gasteiger partial charge in [0.05, 0.1) is 12.1 Å². The van der Waals surface area contributed by atoms with E-state index >= 15 is 0 Å². The Kier molecular flexibility index (Phi) is 2.46. The van der Waals surface area contributed by atoms with Gasteiger partial charge in [-0.2, -0.15) is 5.26 Å². The Hall–Kier alpha value is -2.13. The van der Waals surface area contributed by atoms with Crippen molar-refractivity contribution in [2.45, 2.75) is 6.23 Å². The number of aliphatic hydroxyl groups excluding tert-OH is 1. The van der Waals surface area contributed by atoms with E-state index in [0.717, 1.165) is 4.90 Å². The molecule has 0 aliphatic carbocycles. The molecule has 0 saturated carbocycles. The van der Waals surface area contributed by atoms with Crippen LogP contribution in [0.5, 0.6) is 0 Å². The van der Waals surface area contributed by atoms with Crippen LogP contribution in [0.25, 0.3) is 0 Å². The van der Waals surface area contributed by atoms with Gasteiger partial charge in [0.25, 0.3) is 0 Å². The number of nitriles is 1. The highest BCUT2D eigenvalue weighted by atomic mass is 16.3. The lowest BCUT2D eigenvalue weighted by atomic mass is 10.2. The van der Waals surface area contributed by atoms with Gasteiger partial charge in [-0.25, -0.2) is 14.7 Å². The number of hydrogen-bond acceptors (Lipinski definition) is 4. The van der Waals surface area contributed by atoms with Crippen molar-refractivity contribution in [2.24, 2.45) is 0 Å². The standard InChI is InChI=1S/C10H10N4O2/c1-13-6-8(15)14(10(13)16)9-7(5-11)3-2-4-12-9/h2-4,8,15H,6H2,1H3. The van der Waals surface area contributed by atoms with Crippen molar-refractivity contribution in [1.82, 2.24) is 9.88 Å². The summed E-state index contributed by atoms with van der Waals surface area (Å²) in [5.41, 5.74) is 0.269. The van der Waals surface area contributed by atoms with Crippen LogP contribution in [0.4, 0.5) is 10.6 Å². The molecule has 0 aromatic carbocycles. The Morgan fingerprint density at radius 3 is 3.00 bits per heavy atom. The van der Waals surface area contributed by atoms with Gasteiger partial charge in [0.2, 0.25) is 0 Å². The van der Waals surface area contributed by atoms with Gasteiger partial charge in [-0.3, -0.25) is 0 Å². The molecule has 2 heterocycles. The van der Waals surface area contributed by atoms with Crippen LogP contribution in [-0.4, -0.2) is 40.8 Å². The van der Waals surface area contributed by atoms with Crippen LogP contribution in [0.3, 0.4) is 0 Å². The maximum Gasteiger partial charge on any atom is 0.327 e. The second-order valence-electron chi connectivity index (χ2n) is 3.50. The Labute approximate surface area is 92.3 Å². The quantitative estimate of drug-likeness (QED) is 0.727. The van der Waals surface area contributed by atoms with Gasteiger partial charge in [0.15, 0.2) is 12.0 Å². The SMILES string of the molecule is CN1CC(O)N(c2ncccc2C#N)C1=O. The van der Waals surface area contributed by atoms with Crippen molar-refractivity contribution in [3.05, 3.63) is 23.9 Å². The van der Waals surface area contributed by atoms with Crippen LogP contribution in [0, 0.1) is 11.3 Å².